The number of anilines is 1. The van der Waals surface area contributed by atoms with Gasteiger partial charge in [0.15, 0.2) is 0 Å². The highest BCUT2D eigenvalue weighted by Gasteiger charge is 2.17. The first-order valence-corrected chi connectivity index (χ1v) is 10.3. The van der Waals surface area contributed by atoms with E-state index in [1.54, 1.807) is 4.68 Å². The van der Waals surface area contributed by atoms with Crippen molar-refractivity contribution in [3.8, 4) is 11.4 Å². The van der Waals surface area contributed by atoms with Crippen molar-refractivity contribution < 1.29 is 4.79 Å². The van der Waals surface area contributed by atoms with Crippen molar-refractivity contribution in [1.29, 1.82) is 0 Å². The van der Waals surface area contributed by atoms with Gasteiger partial charge in [-0.1, -0.05) is 36.0 Å². The summed E-state index contributed by atoms with van der Waals surface area (Å²) in [4.78, 5) is 13.0. The lowest BCUT2D eigenvalue weighted by molar-refractivity contribution is 0.102. The lowest BCUT2D eigenvalue weighted by Crippen LogP contribution is -2.13. The number of tetrazole rings is 1. The quantitative estimate of drug-likeness (QED) is 0.508. The fourth-order valence-electron chi connectivity index (χ4n) is 3.35. The molecule has 8 heteroatoms. The molecule has 0 atom stereocenters. The summed E-state index contributed by atoms with van der Waals surface area (Å²) in [5, 5.41) is 15.4. The van der Waals surface area contributed by atoms with Gasteiger partial charge in [-0.05, 0) is 66.9 Å². The number of aromatic nitrogens is 5. The number of hydrogen-bond acceptors (Lipinski definition) is 5. The zero-order chi connectivity index (χ0) is 20.4. The molecule has 4 rings (SSSR count). The molecule has 1 N–H and O–H groups in total. The first kappa shape index (κ1) is 18.9. The highest BCUT2D eigenvalue weighted by atomic mass is 32.2. The number of benzene rings is 2. The van der Waals surface area contributed by atoms with E-state index in [1.165, 1.54) is 11.8 Å². The molecule has 7 nitrogen and oxygen atoms in total. The minimum absolute atomic E-state index is 0.153. The Labute approximate surface area is 172 Å². The predicted molar refractivity (Wildman–Crippen MR) is 114 cm³/mol. The lowest BCUT2D eigenvalue weighted by Gasteiger charge is -2.10. The van der Waals surface area contributed by atoms with Gasteiger partial charge in [0.1, 0.15) is 0 Å². The highest BCUT2D eigenvalue weighted by molar-refractivity contribution is 7.98. The predicted octanol–water partition coefficient (Wildman–Crippen LogP) is 4.04. The van der Waals surface area contributed by atoms with Crippen molar-refractivity contribution in [2.24, 2.45) is 0 Å². The van der Waals surface area contributed by atoms with E-state index in [-0.39, 0.29) is 5.91 Å². The van der Waals surface area contributed by atoms with E-state index < -0.39 is 0 Å². The fraction of sp³-hybridized carbons (Fsp3) is 0.143. The van der Waals surface area contributed by atoms with Crippen molar-refractivity contribution >= 4 is 23.4 Å². The third-order valence-corrected chi connectivity index (χ3v) is 5.28. The van der Waals surface area contributed by atoms with Gasteiger partial charge in [0.05, 0.1) is 11.3 Å². The van der Waals surface area contributed by atoms with Crippen LogP contribution < -0.4 is 5.32 Å². The smallest absolute Gasteiger partial charge is 0.257 e. The normalized spacial score (nSPS) is 10.9. The molecule has 0 aliphatic heterocycles. The molecule has 2 aromatic heterocycles. The Morgan fingerprint density at radius 1 is 1.00 bits per heavy atom. The Morgan fingerprint density at radius 2 is 1.76 bits per heavy atom. The first-order valence-electron chi connectivity index (χ1n) is 9.07. The first-order chi connectivity index (χ1) is 14.1. The van der Waals surface area contributed by atoms with Gasteiger partial charge in [-0.3, -0.25) is 4.79 Å². The molecule has 2 aromatic carbocycles. The molecule has 0 fully saturated rings. The van der Waals surface area contributed by atoms with Crippen LogP contribution in [0.3, 0.4) is 0 Å². The van der Waals surface area contributed by atoms with E-state index in [4.69, 9.17) is 0 Å². The van der Waals surface area contributed by atoms with Crippen molar-refractivity contribution in [2.75, 3.05) is 11.6 Å². The molecule has 2 heterocycles. The standard InChI is InChI=1S/C21H20N6OS/c1-14-12-19(15(2)26(14)17-9-5-4-6-10-17)20(28)22-16-8-7-11-18(13-16)27-21(29-3)23-24-25-27/h4-13H,1-3H3,(H,22,28). The summed E-state index contributed by atoms with van der Waals surface area (Å²) >= 11 is 1.45. The molecule has 0 saturated carbocycles. The van der Waals surface area contributed by atoms with Crippen LogP contribution >= 0.6 is 11.8 Å². The number of nitrogens with one attached hydrogen (secondary N) is 1. The van der Waals surface area contributed by atoms with Crippen LogP contribution in [-0.4, -0.2) is 36.9 Å². The average Bonchev–Trinajstić information content (AvgIpc) is 3.33. The second-order valence-electron chi connectivity index (χ2n) is 6.54. The Bertz CT molecular complexity index is 1170. The van der Waals surface area contributed by atoms with E-state index in [0.29, 0.717) is 16.4 Å². The number of thioether (sulfide) groups is 1. The molecule has 0 unspecified atom stereocenters. The zero-order valence-corrected chi connectivity index (χ0v) is 17.1. The second kappa shape index (κ2) is 7.92. The Balaban J connectivity index is 1.62. The van der Waals surface area contributed by atoms with Crippen LogP contribution in [0.2, 0.25) is 0 Å². The monoisotopic (exact) mass is 404 g/mol. The summed E-state index contributed by atoms with van der Waals surface area (Å²) in [6.07, 6.45) is 1.91. The molecular weight excluding hydrogens is 384 g/mol. The topological polar surface area (TPSA) is 77.6 Å². The second-order valence-corrected chi connectivity index (χ2v) is 7.31. The van der Waals surface area contributed by atoms with Crippen molar-refractivity contribution in [2.45, 2.75) is 19.0 Å². The minimum Gasteiger partial charge on any atom is -0.322 e. The summed E-state index contributed by atoms with van der Waals surface area (Å²) in [5.41, 5.74) is 5.04. The van der Waals surface area contributed by atoms with Gasteiger partial charge < -0.3 is 9.88 Å². The maximum Gasteiger partial charge on any atom is 0.257 e. The van der Waals surface area contributed by atoms with Gasteiger partial charge in [-0.15, -0.1) is 5.10 Å². The third-order valence-electron chi connectivity index (χ3n) is 4.66. The lowest BCUT2D eigenvalue weighted by atomic mass is 10.2. The number of carbonyl (C=O) groups is 1. The van der Waals surface area contributed by atoms with Gasteiger partial charge in [0.25, 0.3) is 5.91 Å². The average molecular weight is 404 g/mol. The van der Waals surface area contributed by atoms with E-state index in [9.17, 15) is 4.79 Å². The van der Waals surface area contributed by atoms with E-state index in [1.807, 2.05) is 80.8 Å². The summed E-state index contributed by atoms with van der Waals surface area (Å²) in [6.45, 7) is 3.95. The SMILES string of the molecule is CSc1nnnn1-c1cccc(NC(=O)c2cc(C)n(-c3ccccc3)c2C)c1. The molecule has 1 amide bonds. The van der Waals surface area contributed by atoms with Crippen LogP contribution in [0.5, 0.6) is 0 Å². The number of nitrogens with zero attached hydrogens (tertiary/aromatic N) is 5. The molecule has 4 aromatic rings. The van der Waals surface area contributed by atoms with Gasteiger partial charge >= 0.3 is 0 Å². The molecule has 146 valence electrons. The molecule has 0 spiro atoms. The minimum atomic E-state index is -0.153. The van der Waals surface area contributed by atoms with Crippen molar-refractivity contribution in [1.82, 2.24) is 24.8 Å². The summed E-state index contributed by atoms with van der Waals surface area (Å²) in [6, 6.07) is 19.4. The maximum atomic E-state index is 13.0. The molecule has 0 radical (unpaired) electrons. The summed E-state index contributed by atoms with van der Waals surface area (Å²) < 4.78 is 3.72. The van der Waals surface area contributed by atoms with Gasteiger partial charge in [0, 0.05) is 22.8 Å². The van der Waals surface area contributed by atoms with Crippen LogP contribution in [0, 0.1) is 13.8 Å². The fourth-order valence-corrected chi connectivity index (χ4v) is 3.78. The third kappa shape index (κ3) is 3.66. The van der Waals surface area contributed by atoms with E-state index in [2.05, 4.69) is 25.4 Å². The molecule has 0 bridgehead atoms. The maximum absolute atomic E-state index is 13.0. The molecule has 0 aliphatic rings. The molecule has 0 saturated heterocycles. The summed E-state index contributed by atoms with van der Waals surface area (Å²) in [5.74, 6) is -0.153. The van der Waals surface area contributed by atoms with Gasteiger partial charge in [0.2, 0.25) is 5.16 Å². The van der Waals surface area contributed by atoms with E-state index >= 15 is 0 Å². The molecular formula is C21H20N6OS. The van der Waals surface area contributed by atoms with Gasteiger partial charge in [-0.2, -0.15) is 4.68 Å². The van der Waals surface area contributed by atoms with Crippen molar-refractivity contribution in [3.63, 3.8) is 0 Å². The molecule has 0 aliphatic carbocycles. The largest absolute Gasteiger partial charge is 0.322 e. The van der Waals surface area contributed by atoms with Crippen molar-refractivity contribution in [3.05, 3.63) is 77.6 Å². The number of aryl methyl sites for hydroxylation is 1. The number of hydrogen-bond donors (Lipinski definition) is 1. The van der Waals surface area contributed by atoms with Crippen LogP contribution in [0.4, 0.5) is 5.69 Å². The number of carbonyl (C=O) groups excluding carboxylic acids is 1. The van der Waals surface area contributed by atoms with Crippen LogP contribution in [0.15, 0.2) is 65.8 Å². The number of rotatable bonds is 5. The van der Waals surface area contributed by atoms with E-state index in [0.717, 1.165) is 22.8 Å². The molecule has 29 heavy (non-hydrogen) atoms. The Morgan fingerprint density at radius 3 is 2.52 bits per heavy atom. The number of para-hydroxylation sites is 1. The van der Waals surface area contributed by atoms with Gasteiger partial charge in [-0.25, -0.2) is 0 Å². The summed E-state index contributed by atoms with van der Waals surface area (Å²) in [7, 11) is 0. The van der Waals surface area contributed by atoms with Crippen LogP contribution in [0.25, 0.3) is 11.4 Å². The van der Waals surface area contributed by atoms with Crippen LogP contribution in [-0.2, 0) is 0 Å². The Kier molecular flexibility index (Phi) is 5.18. The Hall–Kier alpha value is -3.39. The highest BCUT2D eigenvalue weighted by Crippen LogP contribution is 2.23. The zero-order valence-electron chi connectivity index (χ0n) is 16.3. The number of amides is 1. The van der Waals surface area contributed by atoms with Crippen LogP contribution in [0.1, 0.15) is 21.7 Å².